The second-order valence-corrected chi connectivity index (χ2v) is 8.93. The zero-order chi connectivity index (χ0) is 21.4. The molecule has 0 radical (unpaired) electrons. The molecule has 0 fully saturated rings. The highest BCUT2D eigenvalue weighted by Gasteiger charge is 2.13. The first-order chi connectivity index (χ1) is 15.1. The number of benzene rings is 3. The van der Waals surface area contributed by atoms with Gasteiger partial charge in [0.05, 0.1) is 23.0 Å². The highest BCUT2D eigenvalue weighted by Crippen LogP contribution is 2.31. The van der Waals surface area contributed by atoms with Gasteiger partial charge in [-0.15, -0.1) is 0 Å². The minimum atomic E-state index is -0.0965. The van der Waals surface area contributed by atoms with Gasteiger partial charge in [-0.3, -0.25) is 9.20 Å². The summed E-state index contributed by atoms with van der Waals surface area (Å²) in [5, 5.41) is 2.99. The maximum Gasteiger partial charge on any atom is 0.251 e. The first kappa shape index (κ1) is 19.8. The van der Waals surface area contributed by atoms with Crippen LogP contribution in [0.25, 0.3) is 26.4 Å². The van der Waals surface area contributed by atoms with Gasteiger partial charge in [-0.1, -0.05) is 57.6 Å². The third-order valence-electron chi connectivity index (χ3n) is 5.12. The molecule has 154 valence electrons. The van der Waals surface area contributed by atoms with E-state index in [0.29, 0.717) is 12.1 Å². The number of methoxy groups -OCH3 is 1. The van der Waals surface area contributed by atoms with Crippen LogP contribution in [0.3, 0.4) is 0 Å². The lowest BCUT2D eigenvalue weighted by Gasteiger charge is -2.07. The number of halogens is 1. The Morgan fingerprint density at radius 2 is 2.00 bits per heavy atom. The molecule has 0 atom stereocenters. The normalized spacial score (nSPS) is 11.2. The molecule has 0 aliphatic heterocycles. The van der Waals surface area contributed by atoms with E-state index in [0.717, 1.165) is 42.2 Å². The zero-order valence-corrected chi connectivity index (χ0v) is 19.0. The molecule has 31 heavy (non-hydrogen) atoms. The summed E-state index contributed by atoms with van der Waals surface area (Å²) in [6, 6.07) is 21.5. The van der Waals surface area contributed by atoms with E-state index in [-0.39, 0.29) is 5.91 Å². The first-order valence-electron chi connectivity index (χ1n) is 9.70. The number of imidazole rings is 1. The standard InChI is InChI=1S/C24H18BrN3O2S/c1-30-18-7-4-6-15(11-18)20-14-28-21-10-9-16(12-22(21)31-24(28)27-20)23(29)26-13-17-5-2-3-8-19(17)25/h2-12,14H,13H2,1H3,(H,26,29). The number of amides is 1. The Bertz CT molecular complexity index is 1420. The molecule has 1 N–H and O–H groups in total. The number of hydrogen-bond donors (Lipinski definition) is 1. The summed E-state index contributed by atoms with van der Waals surface area (Å²) in [4.78, 5) is 18.3. The summed E-state index contributed by atoms with van der Waals surface area (Å²) in [6.07, 6.45) is 2.02. The van der Waals surface area contributed by atoms with E-state index in [1.165, 1.54) is 0 Å². The number of nitrogens with zero attached hydrogens (tertiary/aromatic N) is 2. The van der Waals surface area contributed by atoms with Crippen molar-refractivity contribution in [2.75, 3.05) is 7.11 Å². The fourth-order valence-electron chi connectivity index (χ4n) is 3.48. The zero-order valence-electron chi connectivity index (χ0n) is 16.6. The summed E-state index contributed by atoms with van der Waals surface area (Å²) in [6.45, 7) is 0.468. The minimum absolute atomic E-state index is 0.0965. The third-order valence-corrected chi connectivity index (χ3v) is 6.91. The number of fused-ring (bicyclic) bond motifs is 3. The van der Waals surface area contributed by atoms with Gasteiger partial charge in [0.1, 0.15) is 5.75 Å². The highest BCUT2D eigenvalue weighted by atomic mass is 79.9. The van der Waals surface area contributed by atoms with E-state index in [1.54, 1.807) is 18.4 Å². The van der Waals surface area contributed by atoms with Gasteiger partial charge < -0.3 is 10.1 Å². The molecule has 0 spiro atoms. The van der Waals surface area contributed by atoms with Crippen LogP contribution in [0.4, 0.5) is 0 Å². The first-order valence-corrected chi connectivity index (χ1v) is 11.3. The third kappa shape index (κ3) is 3.82. The number of nitrogens with one attached hydrogen (secondary N) is 1. The van der Waals surface area contributed by atoms with E-state index < -0.39 is 0 Å². The van der Waals surface area contributed by atoms with Crippen molar-refractivity contribution in [3.8, 4) is 17.0 Å². The number of carbonyl (C=O) groups is 1. The summed E-state index contributed by atoms with van der Waals surface area (Å²) in [5.41, 5.74) is 4.60. The Balaban J connectivity index is 1.41. The number of rotatable bonds is 5. The predicted octanol–water partition coefficient (Wildman–Crippen LogP) is 5.92. The lowest BCUT2D eigenvalue weighted by atomic mass is 10.1. The second kappa shape index (κ2) is 8.17. The fourth-order valence-corrected chi connectivity index (χ4v) is 4.96. The number of ether oxygens (including phenoxy) is 1. The Hall–Kier alpha value is -3.16. The Morgan fingerprint density at radius 1 is 1.13 bits per heavy atom. The van der Waals surface area contributed by atoms with E-state index >= 15 is 0 Å². The number of hydrogen-bond acceptors (Lipinski definition) is 4. The second-order valence-electron chi connectivity index (χ2n) is 7.07. The van der Waals surface area contributed by atoms with Crippen LogP contribution >= 0.6 is 27.3 Å². The average molecular weight is 492 g/mol. The Labute approximate surface area is 191 Å². The quantitative estimate of drug-likeness (QED) is 0.332. The van der Waals surface area contributed by atoms with Crippen LogP contribution in [0.2, 0.25) is 0 Å². The molecule has 0 aliphatic rings. The molecule has 3 aromatic carbocycles. The van der Waals surface area contributed by atoms with Crippen LogP contribution in [-0.2, 0) is 6.54 Å². The van der Waals surface area contributed by atoms with E-state index in [2.05, 4.69) is 25.6 Å². The smallest absolute Gasteiger partial charge is 0.251 e. The van der Waals surface area contributed by atoms with Crippen molar-refractivity contribution in [1.29, 1.82) is 0 Å². The van der Waals surface area contributed by atoms with Crippen molar-refractivity contribution in [1.82, 2.24) is 14.7 Å². The van der Waals surface area contributed by atoms with Crippen molar-refractivity contribution in [3.05, 3.63) is 88.5 Å². The largest absolute Gasteiger partial charge is 0.497 e. The summed E-state index contributed by atoms with van der Waals surface area (Å²) >= 11 is 5.08. The predicted molar refractivity (Wildman–Crippen MR) is 128 cm³/mol. The van der Waals surface area contributed by atoms with Gasteiger partial charge in [-0.05, 0) is 42.0 Å². The van der Waals surface area contributed by atoms with Gasteiger partial charge in [0.25, 0.3) is 5.91 Å². The van der Waals surface area contributed by atoms with Crippen molar-refractivity contribution in [3.63, 3.8) is 0 Å². The molecule has 7 heteroatoms. The Morgan fingerprint density at radius 3 is 2.84 bits per heavy atom. The highest BCUT2D eigenvalue weighted by molar-refractivity contribution is 9.10. The summed E-state index contributed by atoms with van der Waals surface area (Å²) < 4.78 is 9.39. The van der Waals surface area contributed by atoms with Crippen LogP contribution in [0.15, 0.2) is 77.4 Å². The van der Waals surface area contributed by atoms with Crippen LogP contribution in [0.1, 0.15) is 15.9 Å². The van der Waals surface area contributed by atoms with Crippen molar-refractivity contribution in [2.24, 2.45) is 0 Å². The van der Waals surface area contributed by atoms with E-state index in [1.807, 2.05) is 72.9 Å². The van der Waals surface area contributed by atoms with Crippen molar-refractivity contribution in [2.45, 2.75) is 6.54 Å². The molecule has 5 aromatic rings. The average Bonchev–Trinajstić information content (AvgIpc) is 3.36. The van der Waals surface area contributed by atoms with Crippen LogP contribution < -0.4 is 10.1 Å². The molecular weight excluding hydrogens is 474 g/mol. The molecule has 2 heterocycles. The summed E-state index contributed by atoms with van der Waals surface area (Å²) in [7, 11) is 1.66. The molecule has 1 amide bonds. The molecule has 5 nitrogen and oxygen atoms in total. The molecule has 2 aromatic heterocycles. The number of thiazole rings is 1. The van der Waals surface area contributed by atoms with Crippen LogP contribution in [-0.4, -0.2) is 22.4 Å². The molecule has 0 aliphatic carbocycles. The molecule has 0 bridgehead atoms. The lowest BCUT2D eigenvalue weighted by molar-refractivity contribution is 0.0951. The topological polar surface area (TPSA) is 55.6 Å². The molecule has 0 unspecified atom stereocenters. The SMILES string of the molecule is COc1cccc(-c2cn3c(n2)sc2cc(C(=O)NCc4ccccc4Br)ccc23)c1. The van der Waals surface area contributed by atoms with Gasteiger partial charge in [-0.25, -0.2) is 4.98 Å². The number of carbonyl (C=O) groups excluding carboxylic acids is 1. The fraction of sp³-hybridized carbons (Fsp3) is 0.0833. The van der Waals surface area contributed by atoms with Crippen molar-refractivity contribution < 1.29 is 9.53 Å². The lowest BCUT2D eigenvalue weighted by Crippen LogP contribution is -2.22. The Kier molecular flexibility index (Phi) is 5.21. The monoisotopic (exact) mass is 491 g/mol. The van der Waals surface area contributed by atoms with Gasteiger partial charge in [0.2, 0.25) is 0 Å². The van der Waals surface area contributed by atoms with Crippen molar-refractivity contribution >= 4 is 48.4 Å². The number of aromatic nitrogens is 2. The van der Waals surface area contributed by atoms with E-state index in [4.69, 9.17) is 9.72 Å². The molecule has 0 saturated carbocycles. The van der Waals surface area contributed by atoms with Crippen LogP contribution in [0, 0.1) is 0 Å². The van der Waals surface area contributed by atoms with Crippen LogP contribution in [0.5, 0.6) is 5.75 Å². The van der Waals surface area contributed by atoms with Gasteiger partial charge in [0, 0.05) is 28.3 Å². The van der Waals surface area contributed by atoms with E-state index in [9.17, 15) is 4.79 Å². The maximum atomic E-state index is 12.7. The minimum Gasteiger partial charge on any atom is -0.497 e. The molecular formula is C24H18BrN3O2S. The van der Waals surface area contributed by atoms with Gasteiger partial charge >= 0.3 is 0 Å². The molecule has 0 saturated heterocycles. The summed E-state index contributed by atoms with van der Waals surface area (Å²) in [5.74, 6) is 0.706. The van der Waals surface area contributed by atoms with Gasteiger partial charge in [-0.2, -0.15) is 0 Å². The molecule has 5 rings (SSSR count). The van der Waals surface area contributed by atoms with Gasteiger partial charge in [0.15, 0.2) is 4.96 Å². The maximum absolute atomic E-state index is 12.7.